The molecular weight excluding hydrogens is 542 g/mol. The molecule has 1 atom stereocenters. The van der Waals surface area contributed by atoms with E-state index in [1.165, 1.54) is 25.2 Å². The lowest BCUT2D eigenvalue weighted by atomic mass is 9.94. The lowest BCUT2D eigenvalue weighted by Gasteiger charge is -2.27. The predicted molar refractivity (Wildman–Crippen MR) is 142 cm³/mol. The number of aliphatic hydroxyl groups is 1. The van der Waals surface area contributed by atoms with Gasteiger partial charge in [0, 0.05) is 5.56 Å². The Morgan fingerprint density at radius 3 is 2.32 bits per heavy atom. The molecule has 2 N–H and O–H groups in total. The minimum absolute atomic E-state index is 0.129. The molecule has 1 fully saturated rings. The molecular formula is C28H26BrNO7. The molecule has 0 aliphatic carbocycles. The molecule has 0 saturated carbocycles. The van der Waals surface area contributed by atoms with E-state index in [9.17, 15) is 19.8 Å². The number of aliphatic hydroxyl groups excluding tert-OH is 1. The van der Waals surface area contributed by atoms with Gasteiger partial charge in [-0.25, -0.2) is 0 Å². The number of benzene rings is 3. The molecule has 1 heterocycles. The van der Waals surface area contributed by atoms with Gasteiger partial charge in [0.25, 0.3) is 11.7 Å². The number of carbonyl (C=O) groups is 2. The van der Waals surface area contributed by atoms with Crippen LogP contribution in [0.5, 0.6) is 23.0 Å². The summed E-state index contributed by atoms with van der Waals surface area (Å²) >= 11 is 3.40. The van der Waals surface area contributed by atoms with E-state index in [4.69, 9.17) is 14.2 Å². The summed E-state index contributed by atoms with van der Waals surface area (Å²) in [7, 11) is 3.02. The average molecular weight is 568 g/mol. The number of ether oxygens (including phenoxy) is 3. The maximum Gasteiger partial charge on any atom is 0.300 e. The number of anilines is 1. The largest absolute Gasteiger partial charge is 0.507 e. The van der Waals surface area contributed by atoms with Gasteiger partial charge >= 0.3 is 0 Å². The zero-order valence-electron chi connectivity index (χ0n) is 20.7. The number of rotatable bonds is 7. The topological polar surface area (TPSA) is 106 Å². The third kappa shape index (κ3) is 4.74. The summed E-state index contributed by atoms with van der Waals surface area (Å²) in [5, 5.41) is 22.1. The summed E-state index contributed by atoms with van der Waals surface area (Å²) in [6.07, 6.45) is 0. The third-order valence-corrected chi connectivity index (χ3v) is 6.68. The zero-order valence-corrected chi connectivity index (χ0v) is 22.3. The van der Waals surface area contributed by atoms with Gasteiger partial charge in [-0.3, -0.25) is 14.5 Å². The summed E-state index contributed by atoms with van der Waals surface area (Å²) in [6, 6.07) is 13.6. The van der Waals surface area contributed by atoms with Gasteiger partial charge in [0.05, 0.1) is 42.6 Å². The van der Waals surface area contributed by atoms with E-state index >= 15 is 0 Å². The number of ketones is 1. The summed E-state index contributed by atoms with van der Waals surface area (Å²) in [5.74, 6) is -0.889. The van der Waals surface area contributed by atoms with E-state index < -0.39 is 17.7 Å². The Kier molecular flexibility index (Phi) is 7.45. The quantitative estimate of drug-likeness (QED) is 0.220. The van der Waals surface area contributed by atoms with Crippen LogP contribution in [-0.2, 0) is 9.59 Å². The van der Waals surface area contributed by atoms with Crippen molar-refractivity contribution in [2.24, 2.45) is 0 Å². The van der Waals surface area contributed by atoms with Gasteiger partial charge in [0.1, 0.15) is 17.3 Å². The van der Waals surface area contributed by atoms with Crippen molar-refractivity contribution in [3.05, 3.63) is 81.3 Å². The van der Waals surface area contributed by atoms with Crippen LogP contribution >= 0.6 is 15.9 Å². The Labute approximate surface area is 222 Å². The fourth-order valence-electron chi connectivity index (χ4n) is 4.32. The van der Waals surface area contributed by atoms with Crippen LogP contribution in [-0.4, -0.2) is 42.7 Å². The maximum atomic E-state index is 13.4. The second-order valence-electron chi connectivity index (χ2n) is 8.35. The molecule has 1 unspecified atom stereocenters. The number of methoxy groups -OCH3 is 2. The molecule has 1 aliphatic heterocycles. The van der Waals surface area contributed by atoms with Crippen molar-refractivity contribution in [2.45, 2.75) is 19.9 Å². The molecule has 1 amide bonds. The number of amides is 1. The van der Waals surface area contributed by atoms with Gasteiger partial charge in [-0.05, 0) is 83.4 Å². The fraction of sp³-hybridized carbons (Fsp3) is 0.214. The van der Waals surface area contributed by atoms with Crippen LogP contribution in [0.1, 0.15) is 29.7 Å². The van der Waals surface area contributed by atoms with Crippen LogP contribution in [0.15, 0.2) is 64.6 Å². The van der Waals surface area contributed by atoms with E-state index in [1.54, 1.807) is 48.5 Å². The van der Waals surface area contributed by atoms with Crippen LogP contribution in [0.25, 0.3) is 5.76 Å². The van der Waals surface area contributed by atoms with Gasteiger partial charge < -0.3 is 24.4 Å². The van der Waals surface area contributed by atoms with E-state index in [-0.39, 0.29) is 22.8 Å². The van der Waals surface area contributed by atoms with E-state index in [0.717, 1.165) is 5.56 Å². The predicted octanol–water partition coefficient (Wildman–Crippen LogP) is 5.51. The van der Waals surface area contributed by atoms with E-state index in [1.807, 2.05) is 13.8 Å². The zero-order chi connectivity index (χ0) is 26.9. The second kappa shape index (κ2) is 10.6. The average Bonchev–Trinajstić information content (AvgIpc) is 3.15. The lowest BCUT2D eigenvalue weighted by molar-refractivity contribution is -0.132. The van der Waals surface area contributed by atoms with Crippen LogP contribution in [0, 0.1) is 6.92 Å². The smallest absolute Gasteiger partial charge is 0.300 e. The lowest BCUT2D eigenvalue weighted by Crippen LogP contribution is -2.29. The van der Waals surface area contributed by atoms with Crippen LogP contribution < -0.4 is 19.1 Å². The van der Waals surface area contributed by atoms with Crippen LogP contribution in [0.3, 0.4) is 0 Å². The highest BCUT2D eigenvalue weighted by atomic mass is 79.9. The molecule has 9 heteroatoms. The first kappa shape index (κ1) is 26.1. The van der Waals surface area contributed by atoms with Crippen molar-refractivity contribution in [1.29, 1.82) is 0 Å². The Bertz CT molecular complexity index is 1420. The monoisotopic (exact) mass is 567 g/mol. The molecule has 1 saturated heterocycles. The summed E-state index contributed by atoms with van der Waals surface area (Å²) in [6.45, 7) is 3.99. The highest BCUT2D eigenvalue weighted by molar-refractivity contribution is 9.10. The summed E-state index contributed by atoms with van der Waals surface area (Å²) < 4.78 is 16.9. The van der Waals surface area contributed by atoms with Crippen LogP contribution in [0.4, 0.5) is 5.69 Å². The number of hydrogen-bond donors (Lipinski definition) is 2. The first-order valence-corrected chi connectivity index (χ1v) is 12.3. The highest BCUT2D eigenvalue weighted by Gasteiger charge is 2.48. The number of phenolic OH excluding ortho intramolecular Hbond substituents is 1. The molecule has 0 bridgehead atoms. The number of aromatic hydroxyl groups is 1. The van der Waals surface area contributed by atoms with Crippen molar-refractivity contribution in [3.8, 4) is 23.0 Å². The number of Topliss-reactive ketones (excluding diaryl/α,β-unsaturated/α-hetero) is 1. The van der Waals surface area contributed by atoms with E-state index in [2.05, 4.69) is 15.9 Å². The number of carbonyl (C=O) groups excluding carboxylic acids is 2. The van der Waals surface area contributed by atoms with Crippen molar-refractivity contribution in [3.63, 3.8) is 0 Å². The normalized spacial score (nSPS) is 16.7. The number of halogens is 1. The van der Waals surface area contributed by atoms with Gasteiger partial charge in [0.2, 0.25) is 0 Å². The maximum absolute atomic E-state index is 13.4. The SMILES string of the molecule is CCOc1cc(C2/C(=C(/O)c3ccc(OC)c(Br)c3)C(=O)C(=O)N2c2cc(C)ccc2O)ccc1OC. The molecule has 4 rings (SSSR count). The molecule has 192 valence electrons. The Balaban J connectivity index is 1.99. The second-order valence-corrected chi connectivity index (χ2v) is 9.21. The number of aryl methyl sites for hydroxylation is 1. The van der Waals surface area contributed by atoms with Crippen molar-refractivity contribution < 1.29 is 34.0 Å². The van der Waals surface area contributed by atoms with Gasteiger partial charge in [-0.15, -0.1) is 0 Å². The molecule has 8 nitrogen and oxygen atoms in total. The van der Waals surface area contributed by atoms with Gasteiger partial charge in [0.15, 0.2) is 11.5 Å². The Morgan fingerprint density at radius 1 is 0.973 bits per heavy atom. The highest BCUT2D eigenvalue weighted by Crippen LogP contribution is 2.46. The minimum atomic E-state index is -1.06. The molecule has 0 aromatic heterocycles. The third-order valence-electron chi connectivity index (χ3n) is 6.06. The number of phenols is 1. The first-order chi connectivity index (χ1) is 17.7. The summed E-state index contributed by atoms with van der Waals surface area (Å²) in [5.41, 5.74) is 1.59. The minimum Gasteiger partial charge on any atom is -0.507 e. The molecule has 3 aromatic carbocycles. The first-order valence-electron chi connectivity index (χ1n) is 11.5. The Hall–Kier alpha value is -3.98. The number of hydrogen-bond acceptors (Lipinski definition) is 7. The molecule has 0 spiro atoms. The summed E-state index contributed by atoms with van der Waals surface area (Å²) in [4.78, 5) is 28.1. The van der Waals surface area contributed by atoms with Crippen molar-refractivity contribution >= 4 is 39.1 Å². The van der Waals surface area contributed by atoms with Gasteiger partial charge in [-0.1, -0.05) is 12.1 Å². The van der Waals surface area contributed by atoms with Crippen molar-refractivity contribution in [2.75, 3.05) is 25.7 Å². The fourth-order valence-corrected chi connectivity index (χ4v) is 4.86. The van der Waals surface area contributed by atoms with Crippen molar-refractivity contribution in [1.82, 2.24) is 0 Å². The van der Waals surface area contributed by atoms with Crippen LogP contribution in [0.2, 0.25) is 0 Å². The number of nitrogens with zero attached hydrogens (tertiary/aromatic N) is 1. The standard InChI is InChI=1S/C28H26BrNO7/c1-5-37-23-14-16(7-11-22(23)36-4)25-24(26(32)17-8-10-21(35-3)18(29)13-17)27(33)28(34)30(25)19-12-15(2)6-9-20(19)31/h6-14,25,31-32H,5H2,1-4H3/b26-24-. The molecule has 37 heavy (non-hydrogen) atoms. The molecule has 1 aliphatic rings. The molecule has 0 radical (unpaired) electrons. The molecule has 3 aromatic rings. The van der Waals surface area contributed by atoms with Gasteiger partial charge in [-0.2, -0.15) is 0 Å². The van der Waals surface area contributed by atoms with E-state index in [0.29, 0.717) is 39.5 Å². The Morgan fingerprint density at radius 2 is 1.68 bits per heavy atom.